The molecule has 0 aliphatic carbocycles. The van der Waals surface area contributed by atoms with Crippen molar-refractivity contribution in [2.45, 2.75) is 13.3 Å². The Bertz CT molecular complexity index is 406. The van der Waals surface area contributed by atoms with Crippen LogP contribution in [-0.4, -0.2) is 9.38 Å². The summed E-state index contributed by atoms with van der Waals surface area (Å²) < 4.78 is 14.6. The molecule has 2 nitrogen and oxygen atoms in total. The average molecular weight is 164 g/mol. The third-order valence-corrected chi connectivity index (χ3v) is 1.91. The maximum Gasteiger partial charge on any atom is 0.140 e. The molecular formula is C9H9FN2. The molecule has 2 rings (SSSR count). The molecule has 0 aliphatic heterocycles. The van der Waals surface area contributed by atoms with Crippen molar-refractivity contribution in [3.05, 3.63) is 36.0 Å². The third-order valence-electron chi connectivity index (χ3n) is 1.91. The van der Waals surface area contributed by atoms with E-state index in [0.29, 0.717) is 0 Å². The molecule has 0 amide bonds. The molecule has 12 heavy (non-hydrogen) atoms. The minimum atomic E-state index is -0.211. The Morgan fingerprint density at radius 3 is 3.17 bits per heavy atom. The van der Waals surface area contributed by atoms with E-state index in [1.807, 2.05) is 6.92 Å². The fourth-order valence-electron chi connectivity index (χ4n) is 1.33. The van der Waals surface area contributed by atoms with Crippen molar-refractivity contribution in [1.82, 2.24) is 9.38 Å². The quantitative estimate of drug-likeness (QED) is 0.630. The first-order chi connectivity index (χ1) is 5.81. The minimum Gasteiger partial charge on any atom is -0.304 e. The molecule has 0 unspecified atom stereocenters. The number of aryl methyl sites for hydroxylation is 1. The topological polar surface area (TPSA) is 17.3 Å². The molecule has 0 fully saturated rings. The van der Waals surface area contributed by atoms with Crippen LogP contribution in [-0.2, 0) is 6.42 Å². The Hall–Kier alpha value is -1.38. The van der Waals surface area contributed by atoms with Gasteiger partial charge in [-0.1, -0.05) is 6.92 Å². The number of pyridine rings is 1. The molecule has 0 saturated carbocycles. The molecule has 0 radical (unpaired) electrons. The summed E-state index contributed by atoms with van der Waals surface area (Å²) in [7, 11) is 0. The van der Waals surface area contributed by atoms with Crippen LogP contribution in [0, 0.1) is 5.82 Å². The largest absolute Gasteiger partial charge is 0.304 e. The summed E-state index contributed by atoms with van der Waals surface area (Å²) >= 11 is 0. The van der Waals surface area contributed by atoms with Crippen molar-refractivity contribution in [3.63, 3.8) is 0 Å². The standard InChI is InChI=1S/C9H9FN2/c1-2-7-5-8(10)6-12-4-3-11-9(7)12/h3-6H,2H2,1H3. The second kappa shape index (κ2) is 2.59. The first-order valence-corrected chi connectivity index (χ1v) is 3.92. The van der Waals surface area contributed by atoms with E-state index in [-0.39, 0.29) is 5.82 Å². The van der Waals surface area contributed by atoms with Crippen molar-refractivity contribution in [2.75, 3.05) is 0 Å². The Morgan fingerprint density at radius 1 is 1.58 bits per heavy atom. The van der Waals surface area contributed by atoms with E-state index in [4.69, 9.17) is 0 Å². The number of halogens is 1. The van der Waals surface area contributed by atoms with Gasteiger partial charge in [-0.05, 0) is 18.1 Å². The van der Waals surface area contributed by atoms with E-state index in [1.165, 1.54) is 12.3 Å². The molecule has 2 heterocycles. The molecule has 2 aromatic heterocycles. The van der Waals surface area contributed by atoms with Gasteiger partial charge in [-0.25, -0.2) is 9.37 Å². The van der Waals surface area contributed by atoms with Crippen LogP contribution in [0.2, 0.25) is 0 Å². The Balaban J connectivity index is 2.80. The molecule has 0 bridgehead atoms. The third kappa shape index (κ3) is 0.978. The highest BCUT2D eigenvalue weighted by Gasteiger charge is 2.02. The highest BCUT2D eigenvalue weighted by molar-refractivity contribution is 5.47. The minimum absolute atomic E-state index is 0.211. The average Bonchev–Trinajstić information content (AvgIpc) is 2.50. The lowest BCUT2D eigenvalue weighted by atomic mass is 10.2. The van der Waals surface area contributed by atoms with Crippen LogP contribution >= 0.6 is 0 Å². The van der Waals surface area contributed by atoms with Crippen LogP contribution in [0.3, 0.4) is 0 Å². The summed E-state index contributed by atoms with van der Waals surface area (Å²) in [6.45, 7) is 1.99. The molecule has 0 N–H and O–H groups in total. The highest BCUT2D eigenvalue weighted by Crippen LogP contribution is 2.11. The smallest absolute Gasteiger partial charge is 0.140 e. The first-order valence-electron chi connectivity index (χ1n) is 3.92. The number of nitrogens with zero attached hydrogens (tertiary/aromatic N) is 2. The van der Waals surface area contributed by atoms with E-state index in [9.17, 15) is 4.39 Å². The van der Waals surface area contributed by atoms with Gasteiger partial charge in [-0.3, -0.25) is 0 Å². The molecule has 0 spiro atoms. The molecule has 0 saturated heterocycles. The van der Waals surface area contributed by atoms with Gasteiger partial charge in [-0.15, -0.1) is 0 Å². The number of aromatic nitrogens is 2. The van der Waals surface area contributed by atoms with Gasteiger partial charge in [0, 0.05) is 18.6 Å². The number of rotatable bonds is 1. The van der Waals surface area contributed by atoms with E-state index in [0.717, 1.165) is 17.6 Å². The fraction of sp³-hybridized carbons (Fsp3) is 0.222. The predicted octanol–water partition coefficient (Wildman–Crippen LogP) is 2.04. The lowest BCUT2D eigenvalue weighted by molar-refractivity contribution is 0.617. The molecule has 0 aromatic carbocycles. The van der Waals surface area contributed by atoms with Crippen LogP contribution in [0.15, 0.2) is 24.7 Å². The van der Waals surface area contributed by atoms with Gasteiger partial charge in [0.25, 0.3) is 0 Å². The Morgan fingerprint density at radius 2 is 2.42 bits per heavy atom. The van der Waals surface area contributed by atoms with E-state index >= 15 is 0 Å². The van der Waals surface area contributed by atoms with E-state index < -0.39 is 0 Å². The van der Waals surface area contributed by atoms with Crippen LogP contribution in [0.25, 0.3) is 5.65 Å². The predicted molar refractivity (Wildman–Crippen MR) is 44.5 cm³/mol. The first kappa shape index (κ1) is 7.28. The summed E-state index contributed by atoms with van der Waals surface area (Å²) in [6, 6.07) is 1.53. The molecule has 3 heteroatoms. The fourth-order valence-corrected chi connectivity index (χ4v) is 1.33. The van der Waals surface area contributed by atoms with Crippen molar-refractivity contribution < 1.29 is 4.39 Å². The van der Waals surface area contributed by atoms with Crippen molar-refractivity contribution in [2.24, 2.45) is 0 Å². The monoisotopic (exact) mass is 164 g/mol. The van der Waals surface area contributed by atoms with Gasteiger partial charge in [-0.2, -0.15) is 0 Å². The lowest BCUT2D eigenvalue weighted by Gasteiger charge is -1.99. The summed E-state index contributed by atoms with van der Waals surface area (Å²) in [5.41, 5.74) is 1.79. The number of hydrogen-bond donors (Lipinski definition) is 0. The molecule has 2 aromatic rings. The van der Waals surface area contributed by atoms with Crippen molar-refractivity contribution in [1.29, 1.82) is 0 Å². The summed E-state index contributed by atoms with van der Waals surface area (Å²) in [6.07, 6.45) is 5.66. The number of fused-ring (bicyclic) bond motifs is 1. The highest BCUT2D eigenvalue weighted by atomic mass is 19.1. The summed E-state index contributed by atoms with van der Waals surface area (Å²) in [4.78, 5) is 4.13. The van der Waals surface area contributed by atoms with Gasteiger partial charge >= 0.3 is 0 Å². The lowest BCUT2D eigenvalue weighted by Crippen LogP contribution is -1.92. The SMILES string of the molecule is CCc1cc(F)cn2ccnc12. The zero-order valence-electron chi connectivity index (χ0n) is 6.79. The molecule has 62 valence electrons. The zero-order chi connectivity index (χ0) is 8.55. The molecule has 0 aliphatic rings. The summed E-state index contributed by atoms with van der Waals surface area (Å²) in [5, 5.41) is 0. The van der Waals surface area contributed by atoms with E-state index in [2.05, 4.69) is 4.98 Å². The number of imidazole rings is 1. The van der Waals surface area contributed by atoms with Gasteiger partial charge in [0.05, 0.1) is 0 Å². The van der Waals surface area contributed by atoms with Gasteiger partial charge < -0.3 is 4.40 Å². The second-order valence-electron chi connectivity index (χ2n) is 2.70. The second-order valence-corrected chi connectivity index (χ2v) is 2.70. The number of hydrogen-bond acceptors (Lipinski definition) is 1. The van der Waals surface area contributed by atoms with Crippen molar-refractivity contribution >= 4 is 5.65 Å². The zero-order valence-corrected chi connectivity index (χ0v) is 6.79. The molecule has 0 atom stereocenters. The van der Waals surface area contributed by atoms with Gasteiger partial charge in [0.2, 0.25) is 0 Å². The van der Waals surface area contributed by atoms with Crippen LogP contribution < -0.4 is 0 Å². The Kier molecular flexibility index (Phi) is 1.57. The van der Waals surface area contributed by atoms with Crippen LogP contribution in [0.1, 0.15) is 12.5 Å². The summed E-state index contributed by atoms with van der Waals surface area (Å²) in [5.74, 6) is -0.211. The van der Waals surface area contributed by atoms with Crippen LogP contribution in [0.4, 0.5) is 4.39 Å². The molecular weight excluding hydrogens is 155 g/mol. The van der Waals surface area contributed by atoms with Gasteiger partial charge in [0.1, 0.15) is 11.5 Å². The van der Waals surface area contributed by atoms with Crippen LogP contribution in [0.5, 0.6) is 0 Å². The Labute approximate surface area is 69.7 Å². The van der Waals surface area contributed by atoms with Gasteiger partial charge in [0.15, 0.2) is 0 Å². The van der Waals surface area contributed by atoms with Crippen molar-refractivity contribution in [3.8, 4) is 0 Å². The van der Waals surface area contributed by atoms with E-state index in [1.54, 1.807) is 16.8 Å². The normalized spacial score (nSPS) is 10.8. The maximum absolute atomic E-state index is 12.9. The maximum atomic E-state index is 12.9.